The summed E-state index contributed by atoms with van der Waals surface area (Å²) in [6.07, 6.45) is 1.44. The summed E-state index contributed by atoms with van der Waals surface area (Å²) in [5.41, 5.74) is 2.00. The molecule has 1 aliphatic rings. The number of amides is 2. The molecular weight excluding hydrogens is 464 g/mol. The third kappa shape index (κ3) is 6.91. The predicted octanol–water partition coefficient (Wildman–Crippen LogP) is 3.85. The number of carbonyl (C=O) groups excluding carboxylic acids is 2. The van der Waals surface area contributed by atoms with Crippen LogP contribution in [0, 0.1) is 5.92 Å². The van der Waals surface area contributed by atoms with Crippen LogP contribution in [0.2, 0.25) is 0 Å². The maximum absolute atomic E-state index is 12.9. The molecule has 1 atom stereocenters. The fourth-order valence-corrected chi connectivity index (χ4v) is 4.74. The molecule has 0 saturated carbocycles. The van der Waals surface area contributed by atoms with E-state index in [1.807, 2.05) is 26.0 Å². The van der Waals surface area contributed by atoms with Gasteiger partial charge in [-0.15, -0.1) is 0 Å². The number of nitrogens with one attached hydrogen (secondary N) is 3. The van der Waals surface area contributed by atoms with Crippen LogP contribution in [0.1, 0.15) is 63.4 Å². The van der Waals surface area contributed by atoms with Crippen LogP contribution in [0.3, 0.4) is 0 Å². The largest absolute Gasteiger partial charge is 0.340 e. The molecule has 0 aliphatic carbocycles. The average Bonchev–Trinajstić information content (AvgIpc) is 3.29. The molecule has 9 heteroatoms. The van der Waals surface area contributed by atoms with Gasteiger partial charge in [0.1, 0.15) is 11.9 Å². The second-order valence-corrected chi connectivity index (χ2v) is 11.8. The van der Waals surface area contributed by atoms with Gasteiger partial charge in [-0.2, -0.15) is 0 Å². The summed E-state index contributed by atoms with van der Waals surface area (Å²) < 4.78 is 27.5. The topological polar surface area (TPSA) is 117 Å². The lowest BCUT2D eigenvalue weighted by atomic mass is 9.86. The van der Waals surface area contributed by atoms with Gasteiger partial charge in [-0.3, -0.25) is 19.3 Å². The molecule has 0 bridgehead atoms. The summed E-state index contributed by atoms with van der Waals surface area (Å²) in [5.74, 6) is -0.412. The number of carbonyl (C=O) groups is 2. The van der Waals surface area contributed by atoms with Crippen molar-refractivity contribution in [3.63, 3.8) is 0 Å². The van der Waals surface area contributed by atoms with Crippen molar-refractivity contribution in [1.82, 2.24) is 10.0 Å². The fourth-order valence-electron chi connectivity index (χ4n) is 3.66. The molecule has 0 fully saturated rings. The van der Waals surface area contributed by atoms with Crippen LogP contribution in [-0.2, 0) is 20.2 Å². The molecule has 35 heavy (non-hydrogen) atoms. The quantitative estimate of drug-likeness (QED) is 0.538. The second kappa shape index (κ2) is 10.6. The Hall–Kier alpha value is -3.20. The molecule has 2 amide bonds. The molecule has 0 aromatic heterocycles. The SMILES string of the molecule is CC(C)[C@@H](NC(=O)c1ccc(C(C)(C)C)cc1)C(=O)Nc1ccc(S(=O)(=O)NC2=NCCC2)cc1. The Morgan fingerprint density at radius 1 is 0.971 bits per heavy atom. The minimum absolute atomic E-state index is 0.0228. The Kier molecular flexibility index (Phi) is 8.00. The van der Waals surface area contributed by atoms with Gasteiger partial charge in [0.15, 0.2) is 0 Å². The predicted molar refractivity (Wildman–Crippen MR) is 138 cm³/mol. The molecule has 2 aromatic carbocycles. The van der Waals surface area contributed by atoms with Crippen molar-refractivity contribution in [2.24, 2.45) is 10.9 Å². The van der Waals surface area contributed by atoms with Gasteiger partial charge in [0.2, 0.25) is 5.91 Å². The van der Waals surface area contributed by atoms with Gasteiger partial charge in [-0.25, -0.2) is 8.42 Å². The standard InChI is InChI=1S/C26H34N4O4S/c1-17(2)23(29-24(31)18-8-10-19(11-9-18)26(3,4)5)25(32)28-20-12-14-21(15-13-20)35(33,34)30-22-7-6-16-27-22/h8-15,17,23H,6-7,16H2,1-5H3,(H,27,30)(H,28,32)(H,29,31)/t23-/m1/s1. The number of anilines is 1. The van der Waals surface area contributed by atoms with Crippen molar-refractivity contribution in [1.29, 1.82) is 0 Å². The van der Waals surface area contributed by atoms with Crippen molar-refractivity contribution in [2.45, 2.75) is 63.8 Å². The van der Waals surface area contributed by atoms with Crippen LogP contribution >= 0.6 is 0 Å². The molecule has 3 N–H and O–H groups in total. The Bertz CT molecular complexity index is 1200. The smallest absolute Gasteiger partial charge is 0.262 e. The van der Waals surface area contributed by atoms with Gasteiger partial charge in [-0.1, -0.05) is 46.8 Å². The van der Waals surface area contributed by atoms with Crippen molar-refractivity contribution < 1.29 is 18.0 Å². The second-order valence-electron chi connectivity index (χ2n) is 10.1. The first-order chi connectivity index (χ1) is 16.4. The number of sulfonamides is 1. The van der Waals surface area contributed by atoms with Crippen molar-refractivity contribution in [3.05, 3.63) is 59.7 Å². The highest BCUT2D eigenvalue weighted by Crippen LogP contribution is 2.22. The Balaban J connectivity index is 1.65. The molecule has 0 spiro atoms. The van der Waals surface area contributed by atoms with Gasteiger partial charge in [-0.05, 0) is 59.7 Å². The van der Waals surface area contributed by atoms with Crippen LogP contribution in [0.4, 0.5) is 5.69 Å². The van der Waals surface area contributed by atoms with Crippen LogP contribution in [-0.4, -0.2) is 38.7 Å². The molecule has 0 unspecified atom stereocenters. The summed E-state index contributed by atoms with van der Waals surface area (Å²) in [5, 5.41) is 5.59. The monoisotopic (exact) mass is 498 g/mol. The highest BCUT2D eigenvalue weighted by atomic mass is 32.2. The van der Waals surface area contributed by atoms with E-state index in [1.54, 1.807) is 12.1 Å². The fraction of sp³-hybridized carbons (Fsp3) is 0.423. The van der Waals surface area contributed by atoms with Gasteiger partial charge >= 0.3 is 0 Å². The van der Waals surface area contributed by atoms with E-state index >= 15 is 0 Å². The normalized spacial score (nSPS) is 14.9. The minimum atomic E-state index is -3.73. The zero-order chi connectivity index (χ0) is 25.8. The van der Waals surface area contributed by atoms with Gasteiger partial charge in [0, 0.05) is 24.2 Å². The molecular formula is C26H34N4O4S. The number of benzene rings is 2. The highest BCUT2D eigenvalue weighted by Gasteiger charge is 2.25. The zero-order valence-electron chi connectivity index (χ0n) is 20.9. The summed E-state index contributed by atoms with van der Waals surface area (Å²) >= 11 is 0. The number of amidine groups is 1. The first-order valence-electron chi connectivity index (χ1n) is 11.8. The van der Waals surface area contributed by atoms with Crippen LogP contribution < -0.4 is 15.4 Å². The number of aliphatic imine (C=N–C) groups is 1. The number of nitrogens with zero attached hydrogens (tertiary/aromatic N) is 1. The molecule has 0 saturated heterocycles. The first kappa shape index (κ1) is 26.4. The maximum Gasteiger partial charge on any atom is 0.262 e. The van der Waals surface area contributed by atoms with Gasteiger partial charge in [0.05, 0.1) is 4.90 Å². The molecule has 0 radical (unpaired) electrons. The summed E-state index contributed by atoms with van der Waals surface area (Å²) in [7, 11) is -3.73. The van der Waals surface area contributed by atoms with E-state index in [2.05, 4.69) is 41.1 Å². The average molecular weight is 499 g/mol. The molecule has 1 aliphatic heterocycles. The highest BCUT2D eigenvalue weighted by molar-refractivity contribution is 7.90. The van der Waals surface area contributed by atoms with Gasteiger partial charge < -0.3 is 10.6 Å². The zero-order valence-corrected chi connectivity index (χ0v) is 21.7. The number of hydrogen-bond acceptors (Lipinski definition) is 5. The minimum Gasteiger partial charge on any atom is -0.340 e. The van der Waals surface area contributed by atoms with Crippen LogP contribution in [0.15, 0.2) is 58.4 Å². The van der Waals surface area contributed by atoms with E-state index in [0.717, 1.165) is 12.0 Å². The Labute approximate surface area is 207 Å². The van der Waals surface area contributed by atoms with E-state index in [1.165, 1.54) is 24.3 Å². The van der Waals surface area contributed by atoms with Crippen molar-refractivity contribution >= 4 is 33.4 Å². The summed E-state index contributed by atoms with van der Waals surface area (Å²) in [6, 6.07) is 12.5. The lowest BCUT2D eigenvalue weighted by Gasteiger charge is -2.22. The first-order valence-corrected chi connectivity index (χ1v) is 13.2. The van der Waals surface area contributed by atoms with Crippen LogP contribution in [0.5, 0.6) is 0 Å². The van der Waals surface area contributed by atoms with Crippen LogP contribution in [0.25, 0.3) is 0 Å². The summed E-state index contributed by atoms with van der Waals surface area (Å²) in [6.45, 7) is 10.6. The molecule has 8 nitrogen and oxygen atoms in total. The number of hydrogen-bond donors (Lipinski definition) is 3. The van der Waals surface area contributed by atoms with E-state index in [4.69, 9.17) is 0 Å². The Morgan fingerprint density at radius 3 is 2.11 bits per heavy atom. The maximum atomic E-state index is 12.9. The lowest BCUT2D eigenvalue weighted by molar-refractivity contribution is -0.118. The van der Waals surface area contributed by atoms with E-state index in [0.29, 0.717) is 30.1 Å². The van der Waals surface area contributed by atoms with Crippen molar-refractivity contribution in [3.8, 4) is 0 Å². The number of rotatable bonds is 7. The third-order valence-corrected chi connectivity index (χ3v) is 7.20. The van der Waals surface area contributed by atoms with Gasteiger partial charge in [0.25, 0.3) is 15.9 Å². The van der Waals surface area contributed by atoms with E-state index in [-0.39, 0.29) is 28.0 Å². The third-order valence-electron chi connectivity index (χ3n) is 5.81. The molecule has 3 rings (SSSR count). The molecule has 1 heterocycles. The Morgan fingerprint density at radius 2 is 1.60 bits per heavy atom. The van der Waals surface area contributed by atoms with E-state index < -0.39 is 16.1 Å². The lowest BCUT2D eigenvalue weighted by Crippen LogP contribution is -2.47. The van der Waals surface area contributed by atoms with E-state index in [9.17, 15) is 18.0 Å². The molecule has 2 aromatic rings. The molecule has 188 valence electrons. The summed E-state index contributed by atoms with van der Waals surface area (Å²) in [4.78, 5) is 30.0. The van der Waals surface area contributed by atoms with Crippen molar-refractivity contribution in [2.75, 3.05) is 11.9 Å².